The summed E-state index contributed by atoms with van der Waals surface area (Å²) < 4.78 is 12.8. The van der Waals surface area contributed by atoms with Gasteiger partial charge in [-0.05, 0) is 42.5 Å². The molecule has 1 rings (SSSR count). The Kier molecular flexibility index (Phi) is 6.15. The Bertz CT molecular complexity index is 457. The van der Waals surface area contributed by atoms with Crippen molar-refractivity contribution in [1.29, 1.82) is 0 Å². The van der Waals surface area contributed by atoms with E-state index >= 15 is 0 Å². The van der Waals surface area contributed by atoms with E-state index < -0.39 is 11.8 Å². The molecule has 0 saturated heterocycles. The molecule has 1 aromatic carbocycles. The summed E-state index contributed by atoms with van der Waals surface area (Å²) in [6, 6.07) is 5.24. The van der Waals surface area contributed by atoms with Crippen LogP contribution in [0.25, 0.3) is 0 Å². The van der Waals surface area contributed by atoms with Crippen LogP contribution in [0, 0.1) is 17.7 Å². The third-order valence-corrected chi connectivity index (χ3v) is 2.93. The van der Waals surface area contributed by atoms with Gasteiger partial charge in [0.1, 0.15) is 5.82 Å². The van der Waals surface area contributed by atoms with Crippen LogP contribution in [0.15, 0.2) is 24.3 Å². The third-order valence-electron chi connectivity index (χ3n) is 2.93. The molecule has 0 aliphatic rings. The van der Waals surface area contributed by atoms with Gasteiger partial charge in [-0.2, -0.15) is 0 Å². The number of halogens is 1. The molecule has 0 spiro atoms. The molecule has 1 atom stereocenters. The number of carbonyl (C=O) groups is 2. The molecule has 0 aliphatic heterocycles. The van der Waals surface area contributed by atoms with Crippen molar-refractivity contribution in [3.63, 3.8) is 0 Å². The molecular weight excluding hydrogens is 261 g/mol. The first-order valence-corrected chi connectivity index (χ1v) is 6.64. The molecule has 1 aromatic rings. The number of rotatable bonds is 7. The molecule has 0 heterocycles. The van der Waals surface area contributed by atoms with Crippen molar-refractivity contribution in [2.45, 2.75) is 26.7 Å². The Labute approximate surface area is 118 Å². The molecule has 1 amide bonds. The van der Waals surface area contributed by atoms with E-state index in [1.54, 1.807) is 0 Å². The van der Waals surface area contributed by atoms with Crippen LogP contribution < -0.4 is 5.32 Å². The fourth-order valence-electron chi connectivity index (χ4n) is 2.09. The standard InChI is InChI=1S/C15H20FNO3/c1-10(2)7-11(8-14(18)19)9-17-15(20)12-3-5-13(16)6-4-12/h3-6,10-11H,7-9H2,1-2H3,(H,17,20)(H,18,19)/t11-/m0/s1. The van der Waals surface area contributed by atoms with Crippen molar-refractivity contribution in [2.75, 3.05) is 6.54 Å². The van der Waals surface area contributed by atoms with Crippen molar-refractivity contribution in [1.82, 2.24) is 5.32 Å². The summed E-state index contributed by atoms with van der Waals surface area (Å²) in [5.74, 6) is -1.32. The van der Waals surface area contributed by atoms with Crippen LogP contribution in [0.5, 0.6) is 0 Å². The highest BCUT2D eigenvalue weighted by Crippen LogP contribution is 2.15. The predicted molar refractivity (Wildman–Crippen MR) is 73.9 cm³/mol. The molecule has 2 N–H and O–H groups in total. The highest BCUT2D eigenvalue weighted by molar-refractivity contribution is 5.94. The molecule has 0 aliphatic carbocycles. The van der Waals surface area contributed by atoms with E-state index in [0.717, 1.165) is 6.42 Å². The monoisotopic (exact) mass is 281 g/mol. The minimum atomic E-state index is -0.869. The van der Waals surface area contributed by atoms with Gasteiger partial charge in [-0.15, -0.1) is 0 Å². The highest BCUT2D eigenvalue weighted by Gasteiger charge is 2.16. The Morgan fingerprint density at radius 3 is 2.35 bits per heavy atom. The van der Waals surface area contributed by atoms with E-state index in [0.29, 0.717) is 18.0 Å². The Morgan fingerprint density at radius 1 is 1.25 bits per heavy atom. The van der Waals surface area contributed by atoms with E-state index in [2.05, 4.69) is 5.32 Å². The van der Waals surface area contributed by atoms with Gasteiger partial charge < -0.3 is 10.4 Å². The average molecular weight is 281 g/mol. The summed E-state index contributed by atoms with van der Waals surface area (Å²) in [4.78, 5) is 22.6. The number of hydrogen-bond donors (Lipinski definition) is 2. The fraction of sp³-hybridized carbons (Fsp3) is 0.467. The van der Waals surface area contributed by atoms with Gasteiger partial charge in [0.25, 0.3) is 5.91 Å². The van der Waals surface area contributed by atoms with E-state index in [1.807, 2.05) is 13.8 Å². The van der Waals surface area contributed by atoms with E-state index in [1.165, 1.54) is 24.3 Å². The molecule has 0 saturated carbocycles. The lowest BCUT2D eigenvalue weighted by molar-refractivity contribution is -0.138. The number of carboxylic acids is 1. The minimum absolute atomic E-state index is 0.0296. The molecular formula is C15H20FNO3. The molecule has 0 aromatic heterocycles. The molecule has 0 radical (unpaired) electrons. The first-order valence-electron chi connectivity index (χ1n) is 6.64. The largest absolute Gasteiger partial charge is 0.481 e. The Hall–Kier alpha value is -1.91. The molecule has 110 valence electrons. The Morgan fingerprint density at radius 2 is 1.85 bits per heavy atom. The molecule has 0 fully saturated rings. The highest BCUT2D eigenvalue weighted by atomic mass is 19.1. The van der Waals surface area contributed by atoms with Crippen LogP contribution in [0.4, 0.5) is 4.39 Å². The number of carbonyl (C=O) groups excluding carboxylic acids is 1. The van der Waals surface area contributed by atoms with E-state index in [4.69, 9.17) is 5.11 Å². The number of carboxylic acid groups (broad SMARTS) is 1. The minimum Gasteiger partial charge on any atom is -0.481 e. The number of aliphatic carboxylic acids is 1. The topological polar surface area (TPSA) is 66.4 Å². The summed E-state index contributed by atoms with van der Waals surface area (Å²) in [6.45, 7) is 4.33. The van der Waals surface area contributed by atoms with Crippen LogP contribution in [0.3, 0.4) is 0 Å². The van der Waals surface area contributed by atoms with Crippen molar-refractivity contribution in [3.8, 4) is 0 Å². The summed E-state index contributed by atoms with van der Waals surface area (Å²) in [6.07, 6.45) is 0.762. The Balaban J connectivity index is 2.55. The lowest BCUT2D eigenvalue weighted by atomic mass is 9.94. The third kappa shape index (κ3) is 5.82. The zero-order chi connectivity index (χ0) is 15.1. The van der Waals surface area contributed by atoms with Crippen LogP contribution in [-0.4, -0.2) is 23.5 Å². The van der Waals surface area contributed by atoms with Crippen molar-refractivity contribution in [3.05, 3.63) is 35.6 Å². The van der Waals surface area contributed by atoms with Gasteiger partial charge in [0, 0.05) is 18.5 Å². The predicted octanol–water partition coefficient (Wildman–Crippen LogP) is 2.69. The van der Waals surface area contributed by atoms with Crippen molar-refractivity contribution in [2.24, 2.45) is 11.8 Å². The summed E-state index contributed by atoms with van der Waals surface area (Å²) in [7, 11) is 0. The summed E-state index contributed by atoms with van der Waals surface area (Å²) in [5.41, 5.74) is 0.366. The van der Waals surface area contributed by atoms with Crippen molar-refractivity contribution >= 4 is 11.9 Å². The lowest BCUT2D eigenvalue weighted by Gasteiger charge is -2.17. The van der Waals surface area contributed by atoms with Gasteiger partial charge in [0.05, 0.1) is 0 Å². The maximum Gasteiger partial charge on any atom is 0.303 e. The molecule has 0 unspecified atom stereocenters. The zero-order valence-corrected chi connectivity index (χ0v) is 11.7. The van der Waals surface area contributed by atoms with Gasteiger partial charge >= 0.3 is 5.97 Å². The average Bonchev–Trinajstić information content (AvgIpc) is 2.35. The maximum absolute atomic E-state index is 12.8. The molecule has 20 heavy (non-hydrogen) atoms. The smallest absolute Gasteiger partial charge is 0.303 e. The van der Waals surface area contributed by atoms with Gasteiger partial charge in [-0.1, -0.05) is 13.8 Å². The van der Waals surface area contributed by atoms with E-state index in [-0.39, 0.29) is 18.2 Å². The van der Waals surface area contributed by atoms with Crippen LogP contribution in [-0.2, 0) is 4.79 Å². The maximum atomic E-state index is 12.8. The van der Waals surface area contributed by atoms with E-state index in [9.17, 15) is 14.0 Å². The van der Waals surface area contributed by atoms with Gasteiger partial charge in [-0.3, -0.25) is 9.59 Å². The normalized spacial score (nSPS) is 12.2. The lowest BCUT2D eigenvalue weighted by Crippen LogP contribution is -2.31. The number of nitrogens with one attached hydrogen (secondary N) is 1. The van der Waals surface area contributed by atoms with Crippen LogP contribution in [0.1, 0.15) is 37.0 Å². The quantitative estimate of drug-likeness (QED) is 0.807. The van der Waals surface area contributed by atoms with Gasteiger partial charge in [-0.25, -0.2) is 4.39 Å². The number of amides is 1. The second-order valence-corrected chi connectivity index (χ2v) is 5.31. The van der Waals surface area contributed by atoms with Crippen LogP contribution >= 0.6 is 0 Å². The second kappa shape index (κ2) is 7.62. The summed E-state index contributed by atoms with van der Waals surface area (Å²) in [5, 5.41) is 11.6. The summed E-state index contributed by atoms with van der Waals surface area (Å²) >= 11 is 0. The first-order chi connectivity index (χ1) is 9.38. The SMILES string of the molecule is CC(C)C[C@H](CNC(=O)c1ccc(F)cc1)CC(=O)O. The van der Waals surface area contributed by atoms with Crippen molar-refractivity contribution < 1.29 is 19.1 Å². The number of hydrogen-bond acceptors (Lipinski definition) is 2. The van der Waals surface area contributed by atoms with Crippen LogP contribution in [0.2, 0.25) is 0 Å². The van der Waals surface area contributed by atoms with Gasteiger partial charge in [0.2, 0.25) is 0 Å². The first kappa shape index (κ1) is 16.1. The fourth-order valence-corrected chi connectivity index (χ4v) is 2.09. The molecule has 0 bridgehead atoms. The zero-order valence-electron chi connectivity index (χ0n) is 11.7. The number of benzene rings is 1. The molecule has 5 heteroatoms. The second-order valence-electron chi connectivity index (χ2n) is 5.31. The molecule has 4 nitrogen and oxygen atoms in total. The van der Waals surface area contributed by atoms with Gasteiger partial charge in [0.15, 0.2) is 0 Å².